The van der Waals surface area contributed by atoms with Crippen molar-refractivity contribution in [2.24, 2.45) is 5.84 Å². The zero-order valence-corrected chi connectivity index (χ0v) is 6.67. The quantitative estimate of drug-likeness (QED) is 0.274. The Kier molecular flexibility index (Phi) is 2.02. The summed E-state index contributed by atoms with van der Waals surface area (Å²) < 4.78 is 0.824. The van der Waals surface area contributed by atoms with Crippen LogP contribution >= 0.6 is 16.1 Å². The Labute approximate surface area is 66.0 Å². The lowest BCUT2D eigenvalue weighted by Crippen LogP contribution is -2.43. The second-order valence-corrected chi connectivity index (χ2v) is 2.61. The Morgan fingerprint density at radius 2 is 1.80 bits per heavy atom. The zero-order chi connectivity index (χ0) is 7.72. The smallest absolute Gasteiger partial charge is 0.246 e. The maximum Gasteiger partial charge on any atom is 0.246 e. The monoisotopic (exact) mass is 207 g/mol. The molecule has 1 aliphatic heterocycles. The van der Waals surface area contributed by atoms with Gasteiger partial charge in [-0.2, -0.15) is 5.01 Å². The maximum absolute atomic E-state index is 10.8. The van der Waals surface area contributed by atoms with Gasteiger partial charge in [0.1, 0.15) is 0 Å². The van der Waals surface area contributed by atoms with Crippen LogP contribution in [0.5, 0.6) is 0 Å². The van der Waals surface area contributed by atoms with Crippen LogP contribution < -0.4 is 5.84 Å². The lowest BCUT2D eigenvalue weighted by molar-refractivity contribution is -0.148. The molecule has 1 fully saturated rings. The third-order valence-corrected chi connectivity index (χ3v) is 1.53. The van der Waals surface area contributed by atoms with Crippen LogP contribution in [-0.2, 0) is 9.59 Å². The first-order valence-corrected chi connectivity index (χ1v) is 3.40. The fourth-order valence-corrected chi connectivity index (χ4v) is 1.13. The molecule has 5 nitrogen and oxygen atoms in total. The molecule has 0 aliphatic carbocycles. The number of imide groups is 1. The minimum absolute atomic E-state index is 0.248. The highest BCUT2D eigenvalue weighted by molar-refractivity contribution is 9.07. The van der Waals surface area contributed by atoms with Gasteiger partial charge in [0.25, 0.3) is 0 Å². The molecule has 0 aromatic carbocycles. The molecule has 2 amide bonds. The Balaban J connectivity index is 2.72. The molecule has 2 N–H and O–H groups in total. The first-order chi connectivity index (χ1) is 4.63. The highest BCUT2D eigenvalue weighted by atomic mass is 79.9. The summed E-state index contributed by atoms with van der Waals surface area (Å²) in [5, 5.41) is 0.861. The van der Waals surface area contributed by atoms with E-state index in [9.17, 15) is 9.59 Å². The first kappa shape index (κ1) is 7.64. The van der Waals surface area contributed by atoms with Crippen molar-refractivity contribution in [1.29, 1.82) is 0 Å². The molecule has 0 aromatic rings. The van der Waals surface area contributed by atoms with E-state index in [4.69, 9.17) is 5.84 Å². The Bertz CT molecular complexity index is 165. The van der Waals surface area contributed by atoms with Gasteiger partial charge in [-0.05, 0) is 0 Å². The highest BCUT2D eigenvalue weighted by Gasteiger charge is 2.31. The topological polar surface area (TPSA) is 66.6 Å². The van der Waals surface area contributed by atoms with Crippen molar-refractivity contribution < 1.29 is 9.59 Å². The molecule has 1 saturated heterocycles. The van der Waals surface area contributed by atoms with Crippen LogP contribution in [-0.4, -0.2) is 21.0 Å². The van der Waals surface area contributed by atoms with E-state index >= 15 is 0 Å². The van der Waals surface area contributed by atoms with Gasteiger partial charge in [-0.3, -0.25) is 9.59 Å². The van der Waals surface area contributed by atoms with E-state index < -0.39 is 0 Å². The lowest BCUT2D eigenvalue weighted by Gasteiger charge is -2.17. The average Bonchev–Trinajstić information content (AvgIpc) is 2.11. The molecule has 1 rings (SSSR count). The van der Waals surface area contributed by atoms with Crippen molar-refractivity contribution in [3.05, 3.63) is 0 Å². The molecular formula is C4H6BrN3O2. The van der Waals surface area contributed by atoms with Gasteiger partial charge in [-0.15, -0.1) is 0 Å². The number of halogens is 1. The largest absolute Gasteiger partial charge is 0.273 e. The zero-order valence-electron chi connectivity index (χ0n) is 5.08. The fourth-order valence-electron chi connectivity index (χ4n) is 0.778. The standard InChI is InChI=1S/C4H6BrN3O2/c5-8(6)7-3(9)1-2-4(7)10/h1-2,6H2. The van der Waals surface area contributed by atoms with Gasteiger partial charge in [0, 0.05) is 12.8 Å². The number of carbonyl (C=O) groups excluding carboxylic acids is 2. The van der Waals surface area contributed by atoms with Gasteiger partial charge in [0.05, 0.1) is 16.1 Å². The molecule has 6 heteroatoms. The van der Waals surface area contributed by atoms with Gasteiger partial charge in [-0.1, -0.05) is 4.14 Å². The van der Waals surface area contributed by atoms with Crippen molar-refractivity contribution in [3.63, 3.8) is 0 Å². The number of hydrogen-bond acceptors (Lipinski definition) is 4. The second kappa shape index (κ2) is 2.65. The molecular weight excluding hydrogens is 202 g/mol. The Morgan fingerprint density at radius 1 is 1.40 bits per heavy atom. The molecule has 56 valence electrons. The number of carbonyl (C=O) groups is 2. The van der Waals surface area contributed by atoms with Crippen molar-refractivity contribution >= 4 is 28.0 Å². The van der Waals surface area contributed by atoms with Gasteiger partial charge < -0.3 is 0 Å². The molecule has 1 heterocycles. The number of amides is 2. The summed E-state index contributed by atoms with van der Waals surface area (Å²) in [6.45, 7) is 0. The van der Waals surface area contributed by atoms with E-state index in [2.05, 4.69) is 16.1 Å². The molecule has 10 heavy (non-hydrogen) atoms. The molecule has 0 spiro atoms. The maximum atomic E-state index is 10.8. The van der Waals surface area contributed by atoms with Gasteiger partial charge in [-0.25, -0.2) is 5.84 Å². The molecule has 0 atom stereocenters. The highest BCUT2D eigenvalue weighted by Crippen LogP contribution is 2.13. The number of hydrogen-bond donors (Lipinski definition) is 1. The van der Waals surface area contributed by atoms with Crippen LogP contribution in [0.25, 0.3) is 0 Å². The number of rotatable bonds is 1. The Morgan fingerprint density at radius 3 is 2.00 bits per heavy atom. The predicted molar refractivity (Wildman–Crippen MR) is 36.0 cm³/mol. The summed E-state index contributed by atoms with van der Waals surface area (Å²) >= 11 is 2.78. The van der Waals surface area contributed by atoms with Crippen LogP contribution in [0.1, 0.15) is 12.8 Å². The van der Waals surface area contributed by atoms with Crippen molar-refractivity contribution in [3.8, 4) is 0 Å². The number of nitrogens with two attached hydrogens (primary N) is 1. The Hall–Kier alpha value is -0.460. The molecule has 0 aromatic heterocycles. The van der Waals surface area contributed by atoms with E-state index in [1.165, 1.54) is 0 Å². The van der Waals surface area contributed by atoms with Crippen LogP contribution in [0.15, 0.2) is 0 Å². The van der Waals surface area contributed by atoms with E-state index in [0.717, 1.165) is 9.15 Å². The molecule has 0 radical (unpaired) electrons. The SMILES string of the molecule is NN(Br)N1C(=O)CCC1=O. The average molecular weight is 208 g/mol. The molecule has 0 unspecified atom stereocenters. The van der Waals surface area contributed by atoms with Crippen LogP contribution in [0.4, 0.5) is 0 Å². The lowest BCUT2D eigenvalue weighted by atomic mass is 10.4. The summed E-state index contributed by atoms with van der Waals surface area (Å²) in [4.78, 5) is 21.6. The van der Waals surface area contributed by atoms with E-state index in [1.54, 1.807) is 0 Å². The first-order valence-electron chi connectivity index (χ1n) is 2.69. The minimum Gasteiger partial charge on any atom is -0.273 e. The third-order valence-electron chi connectivity index (χ3n) is 1.22. The predicted octanol–water partition coefficient (Wildman–Crippen LogP) is -0.464. The van der Waals surface area contributed by atoms with Gasteiger partial charge >= 0.3 is 0 Å². The van der Waals surface area contributed by atoms with E-state index in [0.29, 0.717) is 0 Å². The summed E-state index contributed by atoms with van der Waals surface area (Å²) in [7, 11) is 0. The summed E-state index contributed by atoms with van der Waals surface area (Å²) in [5.74, 6) is 4.57. The molecule has 1 aliphatic rings. The number of hydrazine groups is 2. The van der Waals surface area contributed by atoms with Crippen molar-refractivity contribution in [2.75, 3.05) is 0 Å². The summed E-state index contributed by atoms with van der Waals surface area (Å²) in [5.41, 5.74) is 0. The van der Waals surface area contributed by atoms with Crippen LogP contribution in [0.3, 0.4) is 0 Å². The van der Waals surface area contributed by atoms with Gasteiger partial charge in [0.15, 0.2) is 0 Å². The number of nitrogens with zero attached hydrogens (tertiary/aromatic N) is 2. The minimum atomic E-state index is -0.274. The van der Waals surface area contributed by atoms with Crippen LogP contribution in [0.2, 0.25) is 0 Å². The normalized spacial score (nSPS) is 19.3. The van der Waals surface area contributed by atoms with Crippen LogP contribution in [0, 0.1) is 0 Å². The fraction of sp³-hybridized carbons (Fsp3) is 0.500. The molecule has 0 saturated carbocycles. The third kappa shape index (κ3) is 1.18. The second-order valence-electron chi connectivity index (χ2n) is 1.89. The van der Waals surface area contributed by atoms with Gasteiger partial charge in [0.2, 0.25) is 11.8 Å². The van der Waals surface area contributed by atoms with E-state index in [1.807, 2.05) is 0 Å². The van der Waals surface area contributed by atoms with Crippen molar-refractivity contribution in [2.45, 2.75) is 12.8 Å². The van der Waals surface area contributed by atoms with E-state index in [-0.39, 0.29) is 24.7 Å². The van der Waals surface area contributed by atoms with Crippen molar-refractivity contribution in [1.82, 2.24) is 9.15 Å². The summed E-state index contributed by atoms with van der Waals surface area (Å²) in [6.07, 6.45) is 0.496. The summed E-state index contributed by atoms with van der Waals surface area (Å²) in [6, 6.07) is 0. The molecule has 0 bridgehead atoms.